The van der Waals surface area contributed by atoms with Gasteiger partial charge in [-0.1, -0.05) is 29.8 Å². The topological polar surface area (TPSA) is 67.4 Å². The van der Waals surface area contributed by atoms with Crippen LogP contribution in [0, 0.1) is 5.82 Å². The molecule has 5 rings (SSSR count). The van der Waals surface area contributed by atoms with Gasteiger partial charge in [-0.2, -0.15) is 0 Å². The molecule has 3 aliphatic rings. The van der Waals surface area contributed by atoms with E-state index in [1.165, 1.54) is 12.1 Å². The third-order valence-corrected chi connectivity index (χ3v) is 5.42. The SMILES string of the molecule is O=C(COc1ccc(Cl)c(F)c1)NC12CC(NC(=O)c3ccccc3)(C1)C2. The van der Waals surface area contributed by atoms with Crippen LogP contribution >= 0.6 is 11.6 Å². The second-order valence-electron chi connectivity index (χ2n) is 7.32. The minimum atomic E-state index is -0.593. The molecule has 0 radical (unpaired) electrons. The Morgan fingerprint density at radius 2 is 1.70 bits per heavy atom. The molecular weight excluding hydrogens is 371 g/mol. The molecule has 27 heavy (non-hydrogen) atoms. The zero-order valence-corrected chi connectivity index (χ0v) is 15.2. The maximum atomic E-state index is 13.4. The van der Waals surface area contributed by atoms with Crippen LogP contribution in [0.5, 0.6) is 5.75 Å². The van der Waals surface area contributed by atoms with Crippen molar-refractivity contribution in [3.05, 3.63) is 64.9 Å². The van der Waals surface area contributed by atoms with Crippen molar-refractivity contribution in [3.8, 4) is 5.75 Å². The molecule has 0 aromatic heterocycles. The molecule has 5 nitrogen and oxygen atoms in total. The fourth-order valence-corrected chi connectivity index (χ4v) is 4.12. The number of carbonyl (C=O) groups excluding carboxylic acids is 2. The maximum absolute atomic E-state index is 13.4. The number of rotatable bonds is 6. The van der Waals surface area contributed by atoms with Gasteiger partial charge in [0.25, 0.3) is 11.8 Å². The summed E-state index contributed by atoms with van der Waals surface area (Å²) in [6.07, 6.45) is 2.12. The molecule has 0 unspecified atom stereocenters. The molecule has 7 heteroatoms. The minimum absolute atomic E-state index is 0.00326. The van der Waals surface area contributed by atoms with Gasteiger partial charge in [-0.25, -0.2) is 4.39 Å². The van der Waals surface area contributed by atoms with E-state index in [1.807, 2.05) is 18.2 Å². The van der Waals surface area contributed by atoms with Crippen LogP contribution in [0.1, 0.15) is 29.6 Å². The standard InChI is InChI=1S/C20H18ClFN2O3/c21-15-7-6-14(8-16(15)22)27-9-17(25)23-19-10-20(11-19,12-19)24-18(26)13-4-2-1-3-5-13/h1-8H,9-12H2,(H,23,25)(H,24,26). The van der Waals surface area contributed by atoms with Crippen LogP contribution in [0.4, 0.5) is 4.39 Å². The average molecular weight is 389 g/mol. The summed E-state index contributed by atoms with van der Waals surface area (Å²) < 4.78 is 18.7. The van der Waals surface area contributed by atoms with Crippen LogP contribution in [0.2, 0.25) is 5.02 Å². The van der Waals surface area contributed by atoms with Gasteiger partial charge in [-0.3, -0.25) is 9.59 Å². The summed E-state index contributed by atoms with van der Waals surface area (Å²) in [6, 6.07) is 13.1. The molecule has 0 atom stereocenters. The Morgan fingerprint density at radius 3 is 2.37 bits per heavy atom. The first kappa shape index (κ1) is 17.8. The van der Waals surface area contributed by atoms with E-state index in [1.54, 1.807) is 12.1 Å². The van der Waals surface area contributed by atoms with Crippen molar-refractivity contribution in [2.24, 2.45) is 0 Å². The minimum Gasteiger partial charge on any atom is -0.484 e. The molecule has 2 N–H and O–H groups in total. The van der Waals surface area contributed by atoms with Crippen molar-refractivity contribution in [3.63, 3.8) is 0 Å². The van der Waals surface area contributed by atoms with Gasteiger partial charge in [0.05, 0.1) is 5.02 Å². The van der Waals surface area contributed by atoms with E-state index in [0.717, 1.165) is 6.07 Å². The second kappa shape index (κ2) is 6.53. The fourth-order valence-electron chi connectivity index (χ4n) is 4.00. The van der Waals surface area contributed by atoms with Crippen molar-refractivity contribution < 1.29 is 18.7 Å². The Bertz CT molecular complexity index is 884. The molecule has 3 aliphatic carbocycles. The monoisotopic (exact) mass is 388 g/mol. The van der Waals surface area contributed by atoms with Crippen LogP contribution in [-0.2, 0) is 4.79 Å². The van der Waals surface area contributed by atoms with Gasteiger partial charge in [0, 0.05) is 22.7 Å². The molecule has 140 valence electrons. The highest BCUT2D eigenvalue weighted by Gasteiger charge is 2.69. The summed E-state index contributed by atoms with van der Waals surface area (Å²) in [5.41, 5.74) is 0.139. The zero-order chi connectivity index (χ0) is 19.1. The van der Waals surface area contributed by atoms with Crippen molar-refractivity contribution >= 4 is 23.4 Å². The number of carbonyl (C=O) groups is 2. The van der Waals surface area contributed by atoms with Crippen LogP contribution < -0.4 is 15.4 Å². The molecule has 2 aromatic carbocycles. The second-order valence-corrected chi connectivity index (χ2v) is 7.73. The molecule has 0 spiro atoms. The molecule has 3 saturated carbocycles. The van der Waals surface area contributed by atoms with Crippen molar-refractivity contribution in [1.29, 1.82) is 0 Å². The molecular formula is C20H18ClFN2O3. The van der Waals surface area contributed by atoms with E-state index in [9.17, 15) is 14.0 Å². The number of amides is 2. The molecule has 0 saturated heterocycles. The van der Waals surface area contributed by atoms with Gasteiger partial charge in [-0.05, 0) is 43.5 Å². The fraction of sp³-hybridized carbons (Fsp3) is 0.300. The Morgan fingerprint density at radius 1 is 1.04 bits per heavy atom. The Balaban J connectivity index is 1.24. The van der Waals surface area contributed by atoms with E-state index < -0.39 is 5.82 Å². The summed E-state index contributed by atoms with van der Waals surface area (Å²) in [4.78, 5) is 24.4. The van der Waals surface area contributed by atoms with Gasteiger partial charge in [0.2, 0.25) is 0 Å². The third-order valence-electron chi connectivity index (χ3n) is 5.11. The maximum Gasteiger partial charge on any atom is 0.258 e. The van der Waals surface area contributed by atoms with Gasteiger partial charge < -0.3 is 15.4 Å². The number of halogens is 2. The lowest BCUT2D eigenvalue weighted by Crippen LogP contribution is -2.84. The summed E-state index contributed by atoms with van der Waals surface area (Å²) in [6.45, 7) is -0.202. The molecule has 2 aromatic rings. The van der Waals surface area contributed by atoms with E-state index in [2.05, 4.69) is 10.6 Å². The molecule has 0 heterocycles. The highest BCUT2D eigenvalue weighted by atomic mass is 35.5. The van der Waals surface area contributed by atoms with Gasteiger partial charge in [0.1, 0.15) is 11.6 Å². The number of ether oxygens (including phenoxy) is 1. The van der Waals surface area contributed by atoms with Crippen LogP contribution in [0.3, 0.4) is 0 Å². The van der Waals surface area contributed by atoms with Crippen LogP contribution in [-0.4, -0.2) is 29.5 Å². The summed E-state index contributed by atoms with van der Waals surface area (Å²) in [5, 5.41) is 6.03. The Hall–Kier alpha value is -2.60. The smallest absolute Gasteiger partial charge is 0.258 e. The number of benzene rings is 2. The van der Waals surface area contributed by atoms with Gasteiger partial charge in [0.15, 0.2) is 6.61 Å². The van der Waals surface area contributed by atoms with Crippen molar-refractivity contribution in [2.45, 2.75) is 30.3 Å². The highest BCUT2D eigenvalue weighted by Crippen LogP contribution is 2.60. The predicted octanol–water partition coefficient (Wildman–Crippen LogP) is 3.08. The first-order valence-corrected chi connectivity index (χ1v) is 9.03. The molecule has 3 fully saturated rings. The van der Waals surface area contributed by atoms with Crippen LogP contribution in [0.15, 0.2) is 48.5 Å². The summed E-state index contributed by atoms with van der Waals surface area (Å²) in [5.74, 6) is -0.710. The van der Waals surface area contributed by atoms with Gasteiger partial charge in [-0.15, -0.1) is 0 Å². The first-order valence-electron chi connectivity index (χ1n) is 8.65. The number of hydrogen-bond acceptors (Lipinski definition) is 3. The molecule has 2 amide bonds. The zero-order valence-electron chi connectivity index (χ0n) is 14.4. The quantitative estimate of drug-likeness (QED) is 0.799. The predicted molar refractivity (Wildman–Crippen MR) is 98.3 cm³/mol. The first-order chi connectivity index (χ1) is 12.9. The Kier molecular flexibility index (Phi) is 4.30. The third kappa shape index (κ3) is 3.49. The summed E-state index contributed by atoms with van der Waals surface area (Å²) in [7, 11) is 0. The molecule has 0 aliphatic heterocycles. The Labute approximate surface area is 160 Å². The molecule has 2 bridgehead atoms. The lowest BCUT2D eigenvalue weighted by atomic mass is 9.44. The van der Waals surface area contributed by atoms with E-state index in [-0.39, 0.29) is 40.3 Å². The summed E-state index contributed by atoms with van der Waals surface area (Å²) >= 11 is 5.61. The van der Waals surface area contributed by atoms with Gasteiger partial charge >= 0.3 is 0 Å². The number of nitrogens with one attached hydrogen (secondary N) is 2. The van der Waals surface area contributed by atoms with E-state index >= 15 is 0 Å². The van der Waals surface area contributed by atoms with Crippen molar-refractivity contribution in [2.75, 3.05) is 6.61 Å². The lowest BCUT2D eigenvalue weighted by Gasteiger charge is -2.70. The van der Waals surface area contributed by atoms with Crippen LogP contribution in [0.25, 0.3) is 0 Å². The van der Waals surface area contributed by atoms with E-state index in [0.29, 0.717) is 24.8 Å². The van der Waals surface area contributed by atoms with Crippen molar-refractivity contribution in [1.82, 2.24) is 10.6 Å². The average Bonchev–Trinajstić information content (AvgIpc) is 2.60. The highest BCUT2D eigenvalue weighted by molar-refractivity contribution is 6.30. The van der Waals surface area contributed by atoms with E-state index in [4.69, 9.17) is 16.3 Å². The normalized spacial score (nSPS) is 25.0. The lowest BCUT2D eigenvalue weighted by molar-refractivity contribution is -0.141. The number of hydrogen-bond donors (Lipinski definition) is 2. The largest absolute Gasteiger partial charge is 0.484 e.